The third kappa shape index (κ3) is 3.22. The van der Waals surface area contributed by atoms with Gasteiger partial charge in [0.2, 0.25) is 5.91 Å². The smallest absolute Gasteiger partial charge is 0.246 e. The average Bonchev–Trinajstić information content (AvgIpc) is 3.03. The lowest BCUT2D eigenvalue weighted by molar-refractivity contribution is -0.116. The minimum Gasteiger partial charge on any atom is -0.374 e. The molecule has 126 valence electrons. The molecule has 1 atom stereocenters. The molecule has 1 unspecified atom stereocenters. The number of anilines is 2. The van der Waals surface area contributed by atoms with Gasteiger partial charge in [-0.25, -0.2) is 13.2 Å². The Kier molecular flexibility index (Phi) is 4.46. The summed E-state index contributed by atoms with van der Waals surface area (Å²) in [7, 11) is 0. The Morgan fingerprint density at radius 3 is 2.58 bits per heavy atom. The van der Waals surface area contributed by atoms with Crippen molar-refractivity contribution in [3.63, 3.8) is 0 Å². The monoisotopic (exact) mass is 334 g/mol. The van der Waals surface area contributed by atoms with Crippen molar-refractivity contribution < 1.29 is 18.0 Å². The maximum Gasteiger partial charge on any atom is 0.246 e. The lowest BCUT2D eigenvalue weighted by Crippen LogP contribution is -2.32. The fraction of sp³-hybridized carbons (Fsp3) is 0.278. The first kappa shape index (κ1) is 16.4. The summed E-state index contributed by atoms with van der Waals surface area (Å²) in [5, 5.41) is 5.30. The van der Waals surface area contributed by atoms with Crippen LogP contribution in [0.1, 0.15) is 24.5 Å². The van der Waals surface area contributed by atoms with Crippen molar-refractivity contribution in [3.8, 4) is 0 Å². The topological polar surface area (TPSA) is 41.1 Å². The molecule has 0 bridgehead atoms. The number of halogens is 3. The second-order valence-electron chi connectivity index (χ2n) is 5.92. The Bertz CT molecular complexity index is 792. The van der Waals surface area contributed by atoms with Gasteiger partial charge in [0.1, 0.15) is 6.04 Å². The largest absolute Gasteiger partial charge is 0.374 e. The zero-order chi connectivity index (χ0) is 17.3. The minimum atomic E-state index is -1.60. The standard InChI is InChI=1S/C18H17F3N2O/c1-10(22-13-6-5-11-3-2-4-12(11)9-13)18(24)23-15-8-7-14(19)16(20)17(15)21/h5-10,22H,2-4H2,1H3,(H,23,24). The summed E-state index contributed by atoms with van der Waals surface area (Å²) in [6.45, 7) is 1.61. The van der Waals surface area contributed by atoms with E-state index in [4.69, 9.17) is 0 Å². The second kappa shape index (κ2) is 6.55. The van der Waals surface area contributed by atoms with Crippen molar-refractivity contribution in [1.29, 1.82) is 0 Å². The summed E-state index contributed by atoms with van der Waals surface area (Å²) >= 11 is 0. The molecule has 0 fully saturated rings. The first-order valence-corrected chi connectivity index (χ1v) is 7.78. The molecular formula is C18H17F3N2O. The van der Waals surface area contributed by atoms with E-state index in [2.05, 4.69) is 10.6 Å². The van der Waals surface area contributed by atoms with E-state index in [1.165, 1.54) is 11.1 Å². The highest BCUT2D eigenvalue weighted by Gasteiger charge is 2.19. The first-order chi connectivity index (χ1) is 11.5. The Morgan fingerprint density at radius 2 is 1.79 bits per heavy atom. The molecule has 3 rings (SSSR count). The summed E-state index contributed by atoms with van der Waals surface area (Å²) in [6, 6.07) is 7.03. The number of amides is 1. The molecule has 0 saturated heterocycles. The number of hydrogen-bond acceptors (Lipinski definition) is 2. The molecule has 24 heavy (non-hydrogen) atoms. The van der Waals surface area contributed by atoms with E-state index in [0.29, 0.717) is 0 Å². The second-order valence-corrected chi connectivity index (χ2v) is 5.92. The molecule has 1 aliphatic rings. The van der Waals surface area contributed by atoms with Crippen LogP contribution >= 0.6 is 0 Å². The summed E-state index contributed by atoms with van der Waals surface area (Å²) < 4.78 is 39.7. The van der Waals surface area contributed by atoms with E-state index in [0.717, 1.165) is 37.1 Å². The number of hydrogen-bond donors (Lipinski definition) is 2. The fourth-order valence-corrected chi connectivity index (χ4v) is 2.84. The predicted molar refractivity (Wildman–Crippen MR) is 86.5 cm³/mol. The molecule has 0 saturated carbocycles. The molecule has 0 heterocycles. The van der Waals surface area contributed by atoms with Crippen LogP contribution in [0.5, 0.6) is 0 Å². The van der Waals surface area contributed by atoms with Gasteiger partial charge in [-0.15, -0.1) is 0 Å². The number of aryl methyl sites for hydroxylation is 2. The quantitative estimate of drug-likeness (QED) is 0.829. The highest BCUT2D eigenvalue weighted by atomic mass is 19.2. The molecule has 2 N–H and O–H groups in total. The van der Waals surface area contributed by atoms with Crippen molar-refractivity contribution in [2.24, 2.45) is 0 Å². The summed E-state index contributed by atoms with van der Waals surface area (Å²) in [5.74, 6) is -4.85. The number of carbonyl (C=O) groups excluding carboxylic acids is 1. The van der Waals surface area contributed by atoms with Crippen molar-refractivity contribution in [1.82, 2.24) is 0 Å². The molecule has 0 spiro atoms. The van der Waals surface area contributed by atoms with E-state index in [1.54, 1.807) is 6.92 Å². The third-order valence-corrected chi connectivity index (χ3v) is 4.17. The molecule has 0 aromatic heterocycles. The van der Waals surface area contributed by atoms with Crippen LogP contribution in [0.15, 0.2) is 30.3 Å². The van der Waals surface area contributed by atoms with E-state index in [-0.39, 0.29) is 5.69 Å². The Hall–Kier alpha value is -2.50. The van der Waals surface area contributed by atoms with Gasteiger partial charge in [0, 0.05) is 5.69 Å². The van der Waals surface area contributed by atoms with Crippen LogP contribution in [0.3, 0.4) is 0 Å². The molecule has 1 aliphatic carbocycles. The Morgan fingerprint density at radius 1 is 1.04 bits per heavy atom. The molecule has 6 heteroatoms. The number of rotatable bonds is 4. The van der Waals surface area contributed by atoms with Gasteiger partial charge in [0.15, 0.2) is 17.5 Å². The van der Waals surface area contributed by atoms with Gasteiger partial charge in [-0.05, 0) is 61.6 Å². The maximum atomic E-state index is 13.6. The van der Waals surface area contributed by atoms with Crippen molar-refractivity contribution in [2.45, 2.75) is 32.2 Å². The van der Waals surface area contributed by atoms with Crippen LogP contribution in [0.2, 0.25) is 0 Å². The van der Waals surface area contributed by atoms with E-state index in [9.17, 15) is 18.0 Å². The van der Waals surface area contributed by atoms with E-state index >= 15 is 0 Å². The third-order valence-electron chi connectivity index (χ3n) is 4.17. The van der Waals surface area contributed by atoms with Gasteiger partial charge in [-0.2, -0.15) is 0 Å². The Balaban J connectivity index is 1.68. The van der Waals surface area contributed by atoms with Gasteiger partial charge in [-0.1, -0.05) is 6.07 Å². The van der Waals surface area contributed by atoms with Gasteiger partial charge in [0.05, 0.1) is 5.69 Å². The summed E-state index contributed by atoms with van der Waals surface area (Å²) in [6.07, 6.45) is 3.22. The zero-order valence-electron chi connectivity index (χ0n) is 13.1. The van der Waals surface area contributed by atoms with Gasteiger partial charge < -0.3 is 10.6 Å². The Labute approximate surface area is 137 Å². The first-order valence-electron chi connectivity index (χ1n) is 7.78. The summed E-state index contributed by atoms with van der Waals surface area (Å²) in [4.78, 5) is 12.1. The lowest BCUT2D eigenvalue weighted by Gasteiger charge is -2.16. The number of benzene rings is 2. The highest BCUT2D eigenvalue weighted by molar-refractivity contribution is 5.96. The highest BCUT2D eigenvalue weighted by Crippen LogP contribution is 2.25. The zero-order valence-corrected chi connectivity index (χ0v) is 13.1. The van der Waals surface area contributed by atoms with Gasteiger partial charge in [-0.3, -0.25) is 4.79 Å². The maximum absolute atomic E-state index is 13.6. The van der Waals surface area contributed by atoms with E-state index in [1.807, 2.05) is 18.2 Å². The van der Waals surface area contributed by atoms with Crippen LogP contribution in [-0.4, -0.2) is 11.9 Å². The van der Waals surface area contributed by atoms with Crippen LogP contribution < -0.4 is 10.6 Å². The fourth-order valence-electron chi connectivity index (χ4n) is 2.84. The number of fused-ring (bicyclic) bond motifs is 1. The number of nitrogens with one attached hydrogen (secondary N) is 2. The van der Waals surface area contributed by atoms with Gasteiger partial charge >= 0.3 is 0 Å². The lowest BCUT2D eigenvalue weighted by atomic mass is 10.1. The molecule has 2 aromatic carbocycles. The molecule has 0 aliphatic heterocycles. The van der Waals surface area contributed by atoms with Crippen molar-refractivity contribution in [3.05, 3.63) is 58.9 Å². The molecule has 3 nitrogen and oxygen atoms in total. The van der Waals surface area contributed by atoms with Crippen molar-refractivity contribution in [2.75, 3.05) is 10.6 Å². The van der Waals surface area contributed by atoms with Crippen LogP contribution in [0.4, 0.5) is 24.5 Å². The van der Waals surface area contributed by atoms with Crippen LogP contribution in [-0.2, 0) is 17.6 Å². The SMILES string of the molecule is CC(Nc1ccc2c(c1)CCC2)C(=O)Nc1ccc(F)c(F)c1F. The van der Waals surface area contributed by atoms with Crippen LogP contribution in [0.25, 0.3) is 0 Å². The van der Waals surface area contributed by atoms with E-state index < -0.39 is 29.4 Å². The molecule has 0 radical (unpaired) electrons. The summed E-state index contributed by atoms with van der Waals surface area (Å²) in [5.41, 5.74) is 2.99. The van der Waals surface area contributed by atoms with Crippen LogP contribution in [0, 0.1) is 17.5 Å². The minimum absolute atomic E-state index is 0.387. The molecule has 2 aromatic rings. The number of carbonyl (C=O) groups is 1. The predicted octanol–water partition coefficient (Wildman–Crippen LogP) is 4.03. The molecule has 1 amide bonds. The van der Waals surface area contributed by atoms with Gasteiger partial charge in [0.25, 0.3) is 0 Å². The van der Waals surface area contributed by atoms with Crippen molar-refractivity contribution >= 4 is 17.3 Å². The normalized spacial score (nSPS) is 14.2. The average molecular weight is 334 g/mol. The molecular weight excluding hydrogens is 317 g/mol.